The highest BCUT2D eigenvalue weighted by atomic mass is 32.1. The van der Waals surface area contributed by atoms with E-state index in [9.17, 15) is 9.59 Å². The van der Waals surface area contributed by atoms with Crippen LogP contribution in [0.5, 0.6) is 0 Å². The molecule has 2 aromatic heterocycles. The fourth-order valence-electron chi connectivity index (χ4n) is 2.03. The molecule has 0 spiro atoms. The number of thiazole rings is 1. The van der Waals surface area contributed by atoms with E-state index in [1.54, 1.807) is 29.8 Å². The summed E-state index contributed by atoms with van der Waals surface area (Å²) in [6.45, 7) is 4.20. The predicted molar refractivity (Wildman–Crippen MR) is 90.7 cm³/mol. The lowest BCUT2D eigenvalue weighted by molar-refractivity contribution is -0.136. The number of carbonyl (C=O) groups excluding carboxylic acids is 2. The van der Waals surface area contributed by atoms with Gasteiger partial charge in [0.2, 0.25) is 0 Å². The second kappa shape index (κ2) is 6.79. The van der Waals surface area contributed by atoms with Gasteiger partial charge in [-0.05, 0) is 18.2 Å². The molecule has 1 aromatic carbocycles. The third-order valence-electron chi connectivity index (χ3n) is 3.25. The number of hydrogen-bond donors (Lipinski definition) is 2. The van der Waals surface area contributed by atoms with E-state index < -0.39 is 11.8 Å². The Morgan fingerprint density at radius 1 is 1.29 bits per heavy atom. The molecule has 0 aliphatic rings. The van der Waals surface area contributed by atoms with Crippen LogP contribution in [0.3, 0.4) is 0 Å². The van der Waals surface area contributed by atoms with Gasteiger partial charge in [0.15, 0.2) is 11.5 Å². The van der Waals surface area contributed by atoms with Gasteiger partial charge in [0.1, 0.15) is 10.5 Å². The first kappa shape index (κ1) is 16.1. The topological polar surface area (TPSA) is 97.1 Å². The Balaban J connectivity index is 1.65. The summed E-state index contributed by atoms with van der Waals surface area (Å²) in [5, 5.41) is 7.62. The average Bonchev–Trinajstić information content (AvgIpc) is 3.21. The minimum absolute atomic E-state index is 0.173. The molecular weight excluding hydrogens is 328 g/mol. The third kappa shape index (κ3) is 3.60. The van der Waals surface area contributed by atoms with Crippen LogP contribution in [0.2, 0.25) is 0 Å². The monoisotopic (exact) mass is 344 g/mol. The maximum atomic E-state index is 11.9. The molecule has 0 aliphatic heterocycles. The van der Waals surface area contributed by atoms with Crippen molar-refractivity contribution in [3.63, 3.8) is 0 Å². The van der Waals surface area contributed by atoms with Crippen LogP contribution in [0.25, 0.3) is 11.1 Å². The first-order valence-electron chi connectivity index (χ1n) is 7.41. The number of rotatable bonds is 4. The van der Waals surface area contributed by atoms with Crippen LogP contribution >= 0.6 is 11.3 Å². The van der Waals surface area contributed by atoms with Crippen molar-refractivity contribution in [1.29, 1.82) is 0 Å². The Kier molecular flexibility index (Phi) is 4.57. The Morgan fingerprint density at radius 2 is 2.12 bits per heavy atom. The molecule has 0 bridgehead atoms. The number of hydrogen-bond acceptors (Lipinski definition) is 6. The predicted octanol–water partition coefficient (Wildman–Crippen LogP) is 2.66. The fourth-order valence-corrected chi connectivity index (χ4v) is 2.59. The summed E-state index contributed by atoms with van der Waals surface area (Å²) in [4.78, 5) is 32.2. The van der Waals surface area contributed by atoms with Crippen molar-refractivity contribution in [1.82, 2.24) is 15.3 Å². The maximum Gasteiger partial charge on any atom is 0.313 e. The number of benzene rings is 1. The van der Waals surface area contributed by atoms with Gasteiger partial charge in [-0.25, -0.2) is 9.97 Å². The number of nitrogens with zero attached hydrogens (tertiary/aromatic N) is 2. The van der Waals surface area contributed by atoms with Crippen LogP contribution in [-0.2, 0) is 16.1 Å². The zero-order valence-corrected chi connectivity index (χ0v) is 14.0. The third-order valence-corrected chi connectivity index (χ3v) is 4.03. The van der Waals surface area contributed by atoms with E-state index in [-0.39, 0.29) is 12.5 Å². The summed E-state index contributed by atoms with van der Waals surface area (Å²) in [5.41, 5.74) is 1.77. The van der Waals surface area contributed by atoms with E-state index in [1.807, 2.05) is 13.8 Å². The highest BCUT2D eigenvalue weighted by Gasteiger charge is 2.15. The van der Waals surface area contributed by atoms with Crippen LogP contribution < -0.4 is 10.6 Å². The highest BCUT2D eigenvalue weighted by Crippen LogP contribution is 2.23. The van der Waals surface area contributed by atoms with Gasteiger partial charge >= 0.3 is 11.8 Å². The van der Waals surface area contributed by atoms with E-state index in [2.05, 4.69) is 20.6 Å². The molecular formula is C16H16N4O3S. The van der Waals surface area contributed by atoms with Gasteiger partial charge in [-0.3, -0.25) is 9.59 Å². The number of carbonyl (C=O) groups is 2. The van der Waals surface area contributed by atoms with Crippen molar-refractivity contribution in [3.05, 3.63) is 40.7 Å². The van der Waals surface area contributed by atoms with Crippen molar-refractivity contribution >= 4 is 39.9 Å². The second-order valence-electron chi connectivity index (χ2n) is 5.45. The summed E-state index contributed by atoms with van der Waals surface area (Å²) in [6.07, 6.45) is 1.64. The molecule has 0 radical (unpaired) electrons. The largest absolute Gasteiger partial charge is 0.440 e. The molecule has 8 heteroatoms. The molecule has 7 nitrogen and oxygen atoms in total. The molecule has 0 unspecified atom stereocenters. The SMILES string of the molecule is CC(C)c1nc2cc(NC(=O)C(=O)NCc3nccs3)ccc2o1. The molecule has 0 saturated carbocycles. The van der Waals surface area contributed by atoms with Gasteiger partial charge in [-0.15, -0.1) is 11.3 Å². The van der Waals surface area contributed by atoms with Crippen LogP contribution in [0, 0.1) is 0 Å². The van der Waals surface area contributed by atoms with E-state index in [0.29, 0.717) is 22.7 Å². The molecule has 0 fully saturated rings. The molecule has 24 heavy (non-hydrogen) atoms. The highest BCUT2D eigenvalue weighted by molar-refractivity contribution is 7.09. The number of amides is 2. The van der Waals surface area contributed by atoms with Gasteiger partial charge in [-0.2, -0.15) is 0 Å². The zero-order chi connectivity index (χ0) is 17.1. The van der Waals surface area contributed by atoms with Crippen LogP contribution in [0.1, 0.15) is 30.7 Å². The van der Waals surface area contributed by atoms with Gasteiger partial charge < -0.3 is 15.1 Å². The normalized spacial score (nSPS) is 11.0. The van der Waals surface area contributed by atoms with Crippen molar-refractivity contribution in [2.45, 2.75) is 26.3 Å². The fraction of sp³-hybridized carbons (Fsp3) is 0.250. The van der Waals surface area contributed by atoms with E-state index in [4.69, 9.17) is 4.42 Å². The van der Waals surface area contributed by atoms with Crippen molar-refractivity contribution in [2.24, 2.45) is 0 Å². The Labute approximate surface area is 142 Å². The molecule has 0 aliphatic carbocycles. The van der Waals surface area contributed by atoms with Crippen LogP contribution in [0.4, 0.5) is 5.69 Å². The molecule has 0 atom stereocenters. The van der Waals surface area contributed by atoms with Crippen molar-refractivity contribution in [2.75, 3.05) is 5.32 Å². The second-order valence-corrected chi connectivity index (χ2v) is 6.43. The summed E-state index contributed by atoms with van der Waals surface area (Å²) in [7, 11) is 0. The first-order chi connectivity index (χ1) is 11.5. The summed E-state index contributed by atoms with van der Waals surface area (Å²) < 4.78 is 5.61. The van der Waals surface area contributed by atoms with Crippen LogP contribution in [-0.4, -0.2) is 21.8 Å². The number of anilines is 1. The van der Waals surface area contributed by atoms with Crippen LogP contribution in [0.15, 0.2) is 34.2 Å². The van der Waals surface area contributed by atoms with Gasteiger partial charge in [0, 0.05) is 23.2 Å². The van der Waals surface area contributed by atoms with Gasteiger partial charge in [-0.1, -0.05) is 13.8 Å². The molecule has 124 valence electrons. The Hall–Kier alpha value is -2.74. The Morgan fingerprint density at radius 3 is 2.83 bits per heavy atom. The van der Waals surface area contributed by atoms with E-state index >= 15 is 0 Å². The molecule has 2 N–H and O–H groups in total. The molecule has 3 rings (SSSR count). The molecule has 2 heterocycles. The maximum absolute atomic E-state index is 11.9. The summed E-state index contributed by atoms with van der Waals surface area (Å²) in [5.74, 6) is -0.645. The Bertz CT molecular complexity index is 871. The number of oxazole rings is 1. The summed E-state index contributed by atoms with van der Waals surface area (Å²) >= 11 is 1.41. The number of aromatic nitrogens is 2. The lowest BCUT2D eigenvalue weighted by Crippen LogP contribution is -2.34. The minimum atomic E-state index is -0.738. The summed E-state index contributed by atoms with van der Waals surface area (Å²) in [6, 6.07) is 5.07. The average molecular weight is 344 g/mol. The van der Waals surface area contributed by atoms with E-state index in [0.717, 1.165) is 5.01 Å². The van der Waals surface area contributed by atoms with Gasteiger partial charge in [0.25, 0.3) is 0 Å². The minimum Gasteiger partial charge on any atom is -0.440 e. The van der Waals surface area contributed by atoms with E-state index in [1.165, 1.54) is 11.3 Å². The molecule has 3 aromatic rings. The molecule has 2 amide bonds. The quantitative estimate of drug-likeness (QED) is 0.709. The lowest BCUT2D eigenvalue weighted by Gasteiger charge is -2.05. The molecule has 0 saturated heterocycles. The zero-order valence-electron chi connectivity index (χ0n) is 13.2. The lowest BCUT2D eigenvalue weighted by atomic mass is 10.2. The number of nitrogens with one attached hydrogen (secondary N) is 2. The van der Waals surface area contributed by atoms with Crippen molar-refractivity contribution in [3.8, 4) is 0 Å². The standard InChI is InChI=1S/C16H16N4O3S/c1-9(2)16-20-11-7-10(3-4-12(11)23-16)19-15(22)14(21)18-8-13-17-5-6-24-13/h3-7,9H,8H2,1-2H3,(H,18,21)(H,19,22). The first-order valence-corrected chi connectivity index (χ1v) is 8.29. The van der Waals surface area contributed by atoms with Crippen molar-refractivity contribution < 1.29 is 14.0 Å². The number of fused-ring (bicyclic) bond motifs is 1. The van der Waals surface area contributed by atoms with Gasteiger partial charge in [0.05, 0.1) is 6.54 Å². The smallest absolute Gasteiger partial charge is 0.313 e.